The maximum atomic E-state index is 11.9. The van der Waals surface area contributed by atoms with Gasteiger partial charge in [0.1, 0.15) is 5.82 Å². The molecule has 0 atom stereocenters. The maximum Gasteiger partial charge on any atom is 0.171 e. The van der Waals surface area contributed by atoms with Crippen LogP contribution in [0.2, 0.25) is 0 Å². The van der Waals surface area contributed by atoms with Gasteiger partial charge in [0.05, 0.1) is 6.42 Å². The van der Waals surface area contributed by atoms with Crippen molar-refractivity contribution in [3.63, 3.8) is 0 Å². The molecule has 0 radical (unpaired) electrons. The van der Waals surface area contributed by atoms with Gasteiger partial charge in [-0.2, -0.15) is 0 Å². The number of ketones is 1. The van der Waals surface area contributed by atoms with Gasteiger partial charge in [-0.15, -0.1) is 0 Å². The Morgan fingerprint density at radius 2 is 1.81 bits per heavy atom. The van der Waals surface area contributed by atoms with E-state index >= 15 is 0 Å². The molecule has 16 heavy (non-hydrogen) atoms. The Kier molecular flexibility index (Phi) is 3.41. The first-order chi connectivity index (χ1) is 7.77. The fraction of sp³-hybridized carbons (Fsp3) is 0.0833. The SMILES string of the molecule is O=C(Cc1ncccn1)c1ccccc1Br. The summed E-state index contributed by atoms with van der Waals surface area (Å²) in [4.78, 5) is 20.0. The summed E-state index contributed by atoms with van der Waals surface area (Å²) in [5.41, 5.74) is 0.662. The minimum Gasteiger partial charge on any atom is -0.294 e. The Hall–Kier alpha value is -1.55. The molecule has 1 aromatic heterocycles. The van der Waals surface area contributed by atoms with E-state index in [1.165, 1.54) is 0 Å². The minimum absolute atomic E-state index is 0.0127. The Bertz CT molecular complexity index is 499. The molecule has 0 fully saturated rings. The van der Waals surface area contributed by atoms with Crippen LogP contribution in [0.5, 0.6) is 0 Å². The van der Waals surface area contributed by atoms with Gasteiger partial charge in [-0.05, 0) is 12.1 Å². The number of aromatic nitrogens is 2. The van der Waals surface area contributed by atoms with Crippen LogP contribution in [0.4, 0.5) is 0 Å². The van der Waals surface area contributed by atoms with Crippen LogP contribution in [-0.4, -0.2) is 15.8 Å². The van der Waals surface area contributed by atoms with E-state index in [0.29, 0.717) is 11.4 Å². The van der Waals surface area contributed by atoms with Gasteiger partial charge < -0.3 is 0 Å². The first kappa shape index (κ1) is 11.0. The van der Waals surface area contributed by atoms with Crippen LogP contribution >= 0.6 is 15.9 Å². The van der Waals surface area contributed by atoms with E-state index in [1.54, 1.807) is 24.5 Å². The van der Waals surface area contributed by atoms with Gasteiger partial charge >= 0.3 is 0 Å². The average molecular weight is 277 g/mol. The Labute approximate surface area is 102 Å². The summed E-state index contributed by atoms with van der Waals surface area (Å²) >= 11 is 3.35. The molecule has 80 valence electrons. The second kappa shape index (κ2) is 4.99. The first-order valence-electron chi connectivity index (χ1n) is 4.81. The maximum absolute atomic E-state index is 11.9. The summed E-state index contributed by atoms with van der Waals surface area (Å²) in [6.45, 7) is 0. The van der Waals surface area contributed by atoms with Gasteiger partial charge in [-0.1, -0.05) is 34.1 Å². The van der Waals surface area contributed by atoms with Crippen molar-refractivity contribution >= 4 is 21.7 Å². The molecule has 0 N–H and O–H groups in total. The fourth-order valence-corrected chi connectivity index (χ4v) is 1.85. The topological polar surface area (TPSA) is 42.9 Å². The summed E-state index contributed by atoms with van der Waals surface area (Å²) in [5.74, 6) is 0.557. The van der Waals surface area contributed by atoms with Crippen LogP contribution in [0.15, 0.2) is 47.2 Å². The van der Waals surface area contributed by atoms with Crippen LogP contribution in [0.25, 0.3) is 0 Å². The molecule has 1 heterocycles. The lowest BCUT2D eigenvalue weighted by molar-refractivity contribution is 0.0990. The van der Waals surface area contributed by atoms with Crippen molar-refractivity contribution in [3.8, 4) is 0 Å². The van der Waals surface area contributed by atoms with E-state index in [1.807, 2.05) is 18.2 Å². The molecule has 0 aliphatic heterocycles. The number of nitrogens with zero attached hydrogens (tertiary/aromatic N) is 2. The number of carbonyl (C=O) groups excluding carboxylic acids is 1. The molecule has 2 aromatic rings. The number of benzene rings is 1. The molecular formula is C12H9BrN2O. The summed E-state index contributed by atoms with van der Waals surface area (Å²) < 4.78 is 0.802. The van der Waals surface area contributed by atoms with Gasteiger partial charge in [0.15, 0.2) is 5.78 Å². The van der Waals surface area contributed by atoms with Crippen molar-refractivity contribution in [1.29, 1.82) is 0 Å². The van der Waals surface area contributed by atoms with E-state index < -0.39 is 0 Å². The van der Waals surface area contributed by atoms with Crippen molar-refractivity contribution in [1.82, 2.24) is 9.97 Å². The smallest absolute Gasteiger partial charge is 0.171 e. The fourth-order valence-electron chi connectivity index (χ4n) is 1.35. The zero-order chi connectivity index (χ0) is 11.4. The number of rotatable bonds is 3. The highest BCUT2D eigenvalue weighted by Gasteiger charge is 2.11. The highest BCUT2D eigenvalue weighted by molar-refractivity contribution is 9.10. The molecule has 0 aliphatic rings. The number of halogens is 1. The van der Waals surface area contributed by atoms with Gasteiger partial charge in [0, 0.05) is 22.4 Å². The molecule has 4 heteroatoms. The minimum atomic E-state index is 0.0127. The molecule has 0 aliphatic carbocycles. The average Bonchev–Trinajstić information content (AvgIpc) is 2.31. The molecule has 0 saturated heterocycles. The quantitative estimate of drug-likeness (QED) is 0.810. The second-order valence-corrected chi connectivity index (χ2v) is 4.10. The monoisotopic (exact) mass is 276 g/mol. The summed E-state index contributed by atoms with van der Waals surface area (Å²) in [6.07, 6.45) is 3.49. The molecule has 0 bridgehead atoms. The van der Waals surface area contributed by atoms with Crippen molar-refractivity contribution in [3.05, 3.63) is 58.6 Å². The summed E-state index contributed by atoms with van der Waals surface area (Å²) in [6, 6.07) is 9.07. The van der Waals surface area contributed by atoms with Crippen molar-refractivity contribution in [2.45, 2.75) is 6.42 Å². The van der Waals surface area contributed by atoms with E-state index in [4.69, 9.17) is 0 Å². The number of hydrogen-bond acceptors (Lipinski definition) is 3. The van der Waals surface area contributed by atoms with Crippen LogP contribution < -0.4 is 0 Å². The van der Waals surface area contributed by atoms with Crippen molar-refractivity contribution in [2.75, 3.05) is 0 Å². The molecule has 0 spiro atoms. The Morgan fingerprint density at radius 3 is 2.50 bits per heavy atom. The third-order valence-corrected chi connectivity index (χ3v) is 2.80. The molecule has 2 rings (SSSR count). The van der Waals surface area contributed by atoms with E-state index in [0.717, 1.165) is 4.47 Å². The Balaban J connectivity index is 2.19. The molecule has 0 saturated carbocycles. The van der Waals surface area contributed by atoms with E-state index in [2.05, 4.69) is 25.9 Å². The normalized spacial score (nSPS) is 10.1. The largest absolute Gasteiger partial charge is 0.294 e. The summed E-state index contributed by atoms with van der Waals surface area (Å²) in [7, 11) is 0. The third kappa shape index (κ3) is 2.52. The lowest BCUT2D eigenvalue weighted by Crippen LogP contribution is -2.07. The predicted molar refractivity (Wildman–Crippen MR) is 64.2 cm³/mol. The standard InChI is InChI=1S/C12H9BrN2O/c13-10-5-2-1-4-9(10)11(16)8-12-14-6-3-7-15-12/h1-7H,8H2. The zero-order valence-electron chi connectivity index (χ0n) is 8.43. The lowest BCUT2D eigenvalue weighted by Gasteiger charge is -2.02. The summed E-state index contributed by atoms with van der Waals surface area (Å²) in [5, 5.41) is 0. The van der Waals surface area contributed by atoms with Crippen LogP contribution in [0.1, 0.15) is 16.2 Å². The number of hydrogen-bond donors (Lipinski definition) is 0. The van der Waals surface area contributed by atoms with Gasteiger partial charge in [0.25, 0.3) is 0 Å². The first-order valence-corrected chi connectivity index (χ1v) is 5.60. The van der Waals surface area contributed by atoms with Gasteiger partial charge in [-0.3, -0.25) is 4.79 Å². The van der Waals surface area contributed by atoms with Crippen LogP contribution in [0, 0.1) is 0 Å². The Morgan fingerprint density at radius 1 is 1.12 bits per heavy atom. The number of carbonyl (C=O) groups is 1. The zero-order valence-corrected chi connectivity index (χ0v) is 10.0. The van der Waals surface area contributed by atoms with E-state index in [-0.39, 0.29) is 12.2 Å². The van der Waals surface area contributed by atoms with E-state index in [9.17, 15) is 4.79 Å². The molecule has 0 unspecified atom stereocenters. The van der Waals surface area contributed by atoms with Crippen LogP contribution in [-0.2, 0) is 6.42 Å². The molecule has 3 nitrogen and oxygen atoms in total. The highest BCUT2D eigenvalue weighted by atomic mass is 79.9. The lowest BCUT2D eigenvalue weighted by atomic mass is 10.1. The highest BCUT2D eigenvalue weighted by Crippen LogP contribution is 2.17. The molecule has 1 aromatic carbocycles. The number of Topliss-reactive ketones (excluding diaryl/α,β-unsaturated/α-hetero) is 1. The second-order valence-electron chi connectivity index (χ2n) is 3.24. The van der Waals surface area contributed by atoms with Crippen LogP contribution in [0.3, 0.4) is 0 Å². The molecule has 0 amide bonds. The third-order valence-electron chi connectivity index (χ3n) is 2.11. The van der Waals surface area contributed by atoms with Crippen molar-refractivity contribution < 1.29 is 4.79 Å². The molecular weight excluding hydrogens is 268 g/mol. The van der Waals surface area contributed by atoms with Gasteiger partial charge in [-0.25, -0.2) is 9.97 Å². The predicted octanol–water partition coefficient (Wildman–Crippen LogP) is 2.66. The van der Waals surface area contributed by atoms with Gasteiger partial charge in [0.2, 0.25) is 0 Å². The van der Waals surface area contributed by atoms with Crippen molar-refractivity contribution in [2.24, 2.45) is 0 Å².